The number of hydrogen-bond donors (Lipinski definition) is 1. The summed E-state index contributed by atoms with van der Waals surface area (Å²) in [6.07, 6.45) is 3.28. The lowest BCUT2D eigenvalue weighted by molar-refractivity contribution is 0.116. The Balaban J connectivity index is 1.54. The van der Waals surface area contributed by atoms with Gasteiger partial charge in [-0.2, -0.15) is 0 Å². The van der Waals surface area contributed by atoms with Crippen LogP contribution in [0.5, 0.6) is 5.75 Å². The Morgan fingerprint density at radius 1 is 1.06 bits per heavy atom. The van der Waals surface area contributed by atoms with Crippen molar-refractivity contribution in [3.8, 4) is 5.75 Å². The summed E-state index contributed by atoms with van der Waals surface area (Å²) in [7, 11) is 1.62. The molecule has 1 aromatic carbocycles. The maximum atomic E-state index is 13.1. The van der Waals surface area contributed by atoms with Gasteiger partial charge in [-0.05, 0) is 64.9 Å². The number of rotatable bonds is 10. The first-order valence-electron chi connectivity index (χ1n) is 11.8. The topological polar surface area (TPSA) is 115 Å². The minimum atomic E-state index is -0.208. The number of aromatic amines is 1. The number of furan rings is 2. The Morgan fingerprint density at radius 3 is 2.53 bits per heavy atom. The average molecular weight is 489 g/mol. The van der Waals surface area contributed by atoms with Crippen LogP contribution in [0.2, 0.25) is 0 Å². The number of methoxy groups -OCH3 is 1. The number of fused-ring (bicyclic) bond motifs is 1. The molecule has 4 aromatic heterocycles. The van der Waals surface area contributed by atoms with Gasteiger partial charge in [-0.3, -0.25) is 9.69 Å². The first kappa shape index (κ1) is 23.6. The zero-order chi connectivity index (χ0) is 25.1. The summed E-state index contributed by atoms with van der Waals surface area (Å²) in [5, 5.41) is 13.5. The van der Waals surface area contributed by atoms with Gasteiger partial charge in [0.15, 0.2) is 5.82 Å². The molecular formula is C26H28N6O4. The molecule has 4 heterocycles. The van der Waals surface area contributed by atoms with Crippen LogP contribution >= 0.6 is 0 Å². The Hall–Kier alpha value is -4.18. The zero-order valence-electron chi connectivity index (χ0n) is 20.4. The van der Waals surface area contributed by atoms with Crippen molar-refractivity contribution in [2.45, 2.75) is 39.5 Å². The van der Waals surface area contributed by atoms with Crippen LogP contribution in [0.25, 0.3) is 10.9 Å². The molecule has 0 fully saturated rings. The number of pyridine rings is 1. The van der Waals surface area contributed by atoms with Gasteiger partial charge in [-0.25, -0.2) is 4.68 Å². The molecule has 0 aliphatic carbocycles. The van der Waals surface area contributed by atoms with Gasteiger partial charge in [0.2, 0.25) is 0 Å². The van der Waals surface area contributed by atoms with Crippen molar-refractivity contribution < 1.29 is 13.6 Å². The van der Waals surface area contributed by atoms with Crippen LogP contribution < -0.4 is 10.3 Å². The molecule has 5 rings (SSSR count). The fourth-order valence-electron chi connectivity index (χ4n) is 4.52. The third-order valence-electron chi connectivity index (χ3n) is 6.18. The predicted octanol–water partition coefficient (Wildman–Crippen LogP) is 4.16. The molecule has 5 aromatic rings. The second kappa shape index (κ2) is 10.2. The molecule has 186 valence electrons. The maximum absolute atomic E-state index is 13.1. The Labute approximate surface area is 207 Å². The summed E-state index contributed by atoms with van der Waals surface area (Å²) in [6.45, 7) is 5.46. The van der Waals surface area contributed by atoms with E-state index in [0.717, 1.165) is 28.2 Å². The van der Waals surface area contributed by atoms with Crippen LogP contribution in [0.4, 0.5) is 0 Å². The fraction of sp³-hybridized carbons (Fsp3) is 0.308. The number of tetrazole rings is 1. The van der Waals surface area contributed by atoms with Crippen molar-refractivity contribution in [1.29, 1.82) is 0 Å². The molecule has 0 aliphatic rings. The summed E-state index contributed by atoms with van der Waals surface area (Å²) in [6, 6.07) is 14.8. The highest BCUT2D eigenvalue weighted by Crippen LogP contribution is 2.31. The van der Waals surface area contributed by atoms with E-state index in [1.54, 1.807) is 24.3 Å². The summed E-state index contributed by atoms with van der Waals surface area (Å²) >= 11 is 0. The van der Waals surface area contributed by atoms with Gasteiger partial charge < -0.3 is 18.6 Å². The monoisotopic (exact) mass is 488 g/mol. The molecule has 10 nitrogen and oxygen atoms in total. The second-order valence-electron chi connectivity index (χ2n) is 9.02. The highest BCUT2D eigenvalue weighted by Gasteiger charge is 2.31. The zero-order valence-corrected chi connectivity index (χ0v) is 20.4. The van der Waals surface area contributed by atoms with E-state index in [1.807, 2.05) is 48.5 Å². The lowest BCUT2D eigenvalue weighted by atomic mass is 10.00. The molecule has 10 heteroatoms. The molecule has 0 spiro atoms. The van der Waals surface area contributed by atoms with Crippen LogP contribution in [0.3, 0.4) is 0 Å². The molecule has 0 saturated heterocycles. The predicted molar refractivity (Wildman–Crippen MR) is 132 cm³/mol. The smallest absolute Gasteiger partial charge is 0.252 e. The van der Waals surface area contributed by atoms with Gasteiger partial charge >= 0.3 is 0 Å². The molecular weight excluding hydrogens is 460 g/mol. The van der Waals surface area contributed by atoms with Crippen molar-refractivity contribution in [2.24, 2.45) is 5.92 Å². The number of nitrogens with zero attached hydrogens (tertiary/aromatic N) is 5. The number of H-pyrrole nitrogens is 1. The number of hydrogen-bond acceptors (Lipinski definition) is 8. The molecule has 0 saturated carbocycles. The molecule has 1 atom stereocenters. The van der Waals surface area contributed by atoms with Crippen LogP contribution in [0.1, 0.15) is 42.8 Å². The van der Waals surface area contributed by atoms with Gasteiger partial charge in [-0.1, -0.05) is 13.8 Å². The van der Waals surface area contributed by atoms with E-state index >= 15 is 0 Å². The Bertz CT molecular complexity index is 1470. The average Bonchev–Trinajstić information content (AvgIpc) is 3.64. The molecule has 0 unspecified atom stereocenters. The summed E-state index contributed by atoms with van der Waals surface area (Å²) in [5.74, 6) is 3.08. The summed E-state index contributed by atoms with van der Waals surface area (Å²) < 4.78 is 18.3. The lowest BCUT2D eigenvalue weighted by Crippen LogP contribution is -2.35. The molecule has 0 aliphatic heterocycles. The van der Waals surface area contributed by atoms with Gasteiger partial charge in [0.05, 0.1) is 32.2 Å². The maximum Gasteiger partial charge on any atom is 0.252 e. The minimum Gasteiger partial charge on any atom is -0.497 e. The lowest BCUT2D eigenvalue weighted by Gasteiger charge is -2.32. The molecule has 0 radical (unpaired) electrons. The first-order chi connectivity index (χ1) is 17.5. The van der Waals surface area contributed by atoms with Crippen molar-refractivity contribution in [1.82, 2.24) is 30.1 Å². The van der Waals surface area contributed by atoms with Crippen LogP contribution in [0, 0.1) is 5.92 Å². The fourth-order valence-corrected chi connectivity index (χ4v) is 4.52. The van der Waals surface area contributed by atoms with Crippen molar-refractivity contribution in [3.63, 3.8) is 0 Å². The second-order valence-corrected chi connectivity index (χ2v) is 9.02. The third kappa shape index (κ3) is 4.94. The van der Waals surface area contributed by atoms with E-state index < -0.39 is 0 Å². The van der Waals surface area contributed by atoms with Crippen LogP contribution in [-0.4, -0.2) is 37.2 Å². The third-order valence-corrected chi connectivity index (χ3v) is 6.18. The van der Waals surface area contributed by atoms with Crippen LogP contribution in [0.15, 0.2) is 74.7 Å². The standard InChI is InChI=1S/C26H28N6O4/c1-17(2)24(25-28-29-30-32(25)16-22-7-5-11-36-22)31(15-21-6-4-10-35-21)14-19-12-18-13-20(34-3)8-9-23(18)27-26(19)33/h4-13,17,24H,14-16H2,1-3H3,(H,27,33)/t24-/m1/s1. The van der Waals surface area contributed by atoms with Crippen molar-refractivity contribution >= 4 is 10.9 Å². The van der Waals surface area contributed by atoms with Gasteiger partial charge in [-0.15, -0.1) is 5.10 Å². The quantitative estimate of drug-likeness (QED) is 0.312. The summed E-state index contributed by atoms with van der Waals surface area (Å²) in [5.41, 5.74) is 1.23. The number of aromatic nitrogens is 5. The van der Waals surface area contributed by atoms with E-state index in [2.05, 4.69) is 39.3 Å². The van der Waals surface area contributed by atoms with Crippen molar-refractivity contribution in [3.05, 3.63) is 94.3 Å². The van der Waals surface area contributed by atoms with Crippen LogP contribution in [-0.2, 0) is 19.6 Å². The SMILES string of the molecule is COc1ccc2[nH]c(=O)c(CN(Cc3ccco3)[C@@H](c3nnnn3Cc3ccco3)C(C)C)cc2c1. The highest BCUT2D eigenvalue weighted by atomic mass is 16.5. The number of nitrogens with one attached hydrogen (secondary N) is 1. The van der Waals surface area contributed by atoms with E-state index in [1.165, 1.54) is 0 Å². The molecule has 1 N–H and O–H groups in total. The minimum absolute atomic E-state index is 0.126. The number of ether oxygens (including phenoxy) is 1. The number of benzene rings is 1. The van der Waals surface area contributed by atoms with Gasteiger partial charge in [0, 0.05) is 23.0 Å². The highest BCUT2D eigenvalue weighted by molar-refractivity contribution is 5.80. The van der Waals surface area contributed by atoms with E-state index in [9.17, 15) is 4.79 Å². The summed E-state index contributed by atoms with van der Waals surface area (Å²) in [4.78, 5) is 18.3. The molecule has 0 bridgehead atoms. The molecule has 0 amide bonds. The van der Waals surface area contributed by atoms with Crippen molar-refractivity contribution in [2.75, 3.05) is 7.11 Å². The van der Waals surface area contributed by atoms with Gasteiger partial charge in [0.25, 0.3) is 5.56 Å². The van der Waals surface area contributed by atoms with Gasteiger partial charge in [0.1, 0.15) is 23.8 Å². The first-order valence-corrected chi connectivity index (χ1v) is 11.8. The molecule has 36 heavy (non-hydrogen) atoms. The Morgan fingerprint density at radius 2 is 1.83 bits per heavy atom. The normalized spacial score (nSPS) is 12.6. The van der Waals surface area contributed by atoms with E-state index in [4.69, 9.17) is 13.6 Å². The largest absolute Gasteiger partial charge is 0.497 e. The van der Waals surface area contributed by atoms with E-state index in [-0.39, 0.29) is 17.5 Å². The Kier molecular flexibility index (Phi) is 6.68. The van der Waals surface area contributed by atoms with E-state index in [0.29, 0.717) is 31.0 Å².